The molecule has 1 spiro atoms. The van der Waals surface area contributed by atoms with Gasteiger partial charge in [0.05, 0.1) is 20.0 Å². The van der Waals surface area contributed by atoms with E-state index in [0.717, 1.165) is 22.8 Å². The predicted octanol–water partition coefficient (Wildman–Crippen LogP) is 1.60. The van der Waals surface area contributed by atoms with Crippen molar-refractivity contribution in [3.05, 3.63) is 29.7 Å². The predicted molar refractivity (Wildman–Crippen MR) is 108 cm³/mol. The molecule has 3 amide bonds. The number of esters is 1. The van der Waals surface area contributed by atoms with Crippen molar-refractivity contribution < 1.29 is 28.3 Å². The molecule has 30 heavy (non-hydrogen) atoms. The molecular weight excluding hydrogens is 390 g/mol. The largest absolute Gasteiger partial charge is 0.468 e. The maximum Gasteiger partial charge on any atom is 0.328 e. The summed E-state index contributed by atoms with van der Waals surface area (Å²) in [5.41, 5.74) is 0.219. The summed E-state index contributed by atoms with van der Waals surface area (Å²) >= 11 is 0. The maximum atomic E-state index is 13.2. The zero-order valence-corrected chi connectivity index (χ0v) is 17.8. The summed E-state index contributed by atoms with van der Waals surface area (Å²) in [6, 6.07) is 3.30. The van der Waals surface area contributed by atoms with Crippen LogP contribution in [0.5, 0.6) is 0 Å². The number of methoxy groups -OCH3 is 2. The number of hydrogen-bond donors (Lipinski definition) is 0. The Morgan fingerprint density at radius 2 is 1.97 bits per heavy atom. The number of furan rings is 1. The summed E-state index contributed by atoms with van der Waals surface area (Å²) in [6.07, 6.45) is 4.65. The lowest BCUT2D eigenvalue weighted by Crippen LogP contribution is -2.57. The van der Waals surface area contributed by atoms with E-state index in [2.05, 4.69) is 9.64 Å². The van der Waals surface area contributed by atoms with Crippen molar-refractivity contribution in [1.29, 1.82) is 0 Å². The van der Waals surface area contributed by atoms with Gasteiger partial charge in [-0.05, 0) is 38.0 Å². The summed E-state index contributed by atoms with van der Waals surface area (Å²) in [4.78, 5) is 42.7. The fraction of sp³-hybridized carbons (Fsp3) is 0.571. The number of hydrogen-bond acceptors (Lipinski definition) is 7. The zero-order chi connectivity index (χ0) is 21.7. The maximum absolute atomic E-state index is 13.2. The molecule has 2 aliphatic rings. The number of likely N-dealkylation sites (tertiary alicyclic amines) is 1. The third kappa shape index (κ3) is 4.41. The lowest BCUT2D eigenvalue weighted by molar-refractivity contribution is -0.146. The second-order valence-electron chi connectivity index (χ2n) is 7.71. The van der Waals surface area contributed by atoms with Gasteiger partial charge in [-0.3, -0.25) is 19.4 Å². The highest BCUT2D eigenvalue weighted by molar-refractivity contribution is 6.08. The number of piperidine rings is 1. The van der Waals surface area contributed by atoms with E-state index in [0.29, 0.717) is 39.1 Å². The third-order valence-electron chi connectivity index (χ3n) is 5.74. The van der Waals surface area contributed by atoms with E-state index in [1.165, 1.54) is 7.11 Å². The Kier molecular flexibility index (Phi) is 6.94. The first-order valence-electron chi connectivity index (χ1n) is 10.0. The first-order valence-corrected chi connectivity index (χ1v) is 10.0. The molecule has 0 aliphatic carbocycles. The van der Waals surface area contributed by atoms with E-state index < -0.39 is 17.5 Å². The van der Waals surface area contributed by atoms with Crippen LogP contribution in [-0.2, 0) is 19.1 Å². The molecule has 9 nitrogen and oxygen atoms in total. The van der Waals surface area contributed by atoms with Gasteiger partial charge in [0, 0.05) is 33.3 Å². The standard InChI is InChI=1S/C21H29N3O6/c1-16(13-17-5-4-11-30-17)14-22-8-6-21(7-9-22)19(26)23(15-18(25)29-3)20(27)24(21)10-12-28-2/h4-5,11,13H,6-10,12,14-15H2,1-3H3/b16-13+. The Bertz CT molecular complexity index is 796. The van der Waals surface area contributed by atoms with Gasteiger partial charge in [-0.15, -0.1) is 0 Å². The lowest BCUT2D eigenvalue weighted by atomic mass is 9.85. The van der Waals surface area contributed by atoms with Crippen LogP contribution in [0.1, 0.15) is 25.5 Å². The van der Waals surface area contributed by atoms with E-state index in [1.54, 1.807) is 18.3 Å². The molecule has 2 fully saturated rings. The summed E-state index contributed by atoms with van der Waals surface area (Å²) < 4.78 is 15.2. The molecule has 9 heteroatoms. The van der Waals surface area contributed by atoms with E-state index in [9.17, 15) is 14.4 Å². The second kappa shape index (κ2) is 9.44. The van der Waals surface area contributed by atoms with Crippen LogP contribution in [0.2, 0.25) is 0 Å². The van der Waals surface area contributed by atoms with Crippen LogP contribution in [0.25, 0.3) is 6.08 Å². The summed E-state index contributed by atoms with van der Waals surface area (Å²) in [5.74, 6) is -0.130. The fourth-order valence-corrected chi connectivity index (χ4v) is 4.19. The number of carbonyl (C=O) groups excluding carboxylic acids is 3. The Morgan fingerprint density at radius 3 is 2.57 bits per heavy atom. The minimum absolute atomic E-state index is 0.302. The molecule has 0 saturated carbocycles. The number of imide groups is 1. The molecule has 0 N–H and O–H groups in total. The van der Waals surface area contributed by atoms with Gasteiger partial charge in [0.25, 0.3) is 5.91 Å². The number of carbonyl (C=O) groups is 3. The fourth-order valence-electron chi connectivity index (χ4n) is 4.19. The van der Waals surface area contributed by atoms with Gasteiger partial charge < -0.3 is 18.8 Å². The summed E-state index contributed by atoms with van der Waals surface area (Å²) in [7, 11) is 2.79. The van der Waals surface area contributed by atoms with Gasteiger partial charge in [0.15, 0.2) is 0 Å². The molecule has 2 aliphatic heterocycles. The number of urea groups is 1. The minimum atomic E-state index is -0.932. The number of rotatable bonds is 8. The smallest absolute Gasteiger partial charge is 0.328 e. The van der Waals surface area contributed by atoms with Crippen molar-refractivity contribution in [2.24, 2.45) is 0 Å². The molecule has 164 valence electrons. The van der Waals surface area contributed by atoms with Crippen LogP contribution in [0, 0.1) is 0 Å². The first-order chi connectivity index (χ1) is 14.4. The molecule has 2 saturated heterocycles. The monoisotopic (exact) mass is 419 g/mol. The number of amides is 3. The molecule has 1 aromatic rings. The first kappa shape index (κ1) is 22.0. The quantitative estimate of drug-likeness (QED) is 0.467. The molecule has 3 heterocycles. The highest BCUT2D eigenvalue weighted by Crippen LogP contribution is 2.37. The molecule has 3 rings (SSSR count). The van der Waals surface area contributed by atoms with E-state index in [-0.39, 0.29) is 12.5 Å². The number of nitrogens with zero attached hydrogens (tertiary/aromatic N) is 3. The molecule has 0 radical (unpaired) electrons. The molecule has 0 aromatic carbocycles. The van der Waals surface area contributed by atoms with Crippen molar-refractivity contribution in [3.63, 3.8) is 0 Å². The van der Waals surface area contributed by atoms with Gasteiger partial charge in [0.1, 0.15) is 17.8 Å². The van der Waals surface area contributed by atoms with Crippen LogP contribution in [0.15, 0.2) is 28.4 Å². The van der Waals surface area contributed by atoms with Gasteiger partial charge >= 0.3 is 12.0 Å². The van der Waals surface area contributed by atoms with Gasteiger partial charge in [-0.1, -0.05) is 5.57 Å². The van der Waals surface area contributed by atoms with Crippen molar-refractivity contribution in [2.45, 2.75) is 25.3 Å². The van der Waals surface area contributed by atoms with Gasteiger partial charge in [-0.2, -0.15) is 0 Å². The molecular formula is C21H29N3O6. The van der Waals surface area contributed by atoms with Crippen LogP contribution in [-0.4, -0.2) is 91.7 Å². The highest BCUT2D eigenvalue weighted by Gasteiger charge is 2.58. The van der Waals surface area contributed by atoms with Crippen LogP contribution >= 0.6 is 0 Å². The normalized spacial score (nSPS) is 19.8. The van der Waals surface area contributed by atoms with Crippen molar-refractivity contribution >= 4 is 24.0 Å². The lowest BCUT2D eigenvalue weighted by Gasteiger charge is -2.42. The van der Waals surface area contributed by atoms with Crippen LogP contribution < -0.4 is 0 Å². The molecule has 0 atom stereocenters. The molecule has 1 aromatic heterocycles. The van der Waals surface area contributed by atoms with Gasteiger partial charge in [0.2, 0.25) is 0 Å². The average molecular weight is 419 g/mol. The molecule has 0 unspecified atom stereocenters. The SMILES string of the molecule is COCCN1C(=O)N(CC(=O)OC)C(=O)C12CCN(C/C(C)=C/c1ccco1)CC2. The molecule has 0 bridgehead atoms. The zero-order valence-electron chi connectivity index (χ0n) is 17.8. The van der Waals surface area contributed by atoms with E-state index >= 15 is 0 Å². The Balaban J connectivity index is 1.71. The summed E-state index contributed by atoms with van der Waals surface area (Å²) in [5, 5.41) is 0. The van der Waals surface area contributed by atoms with E-state index in [4.69, 9.17) is 9.15 Å². The number of ether oxygens (including phenoxy) is 2. The van der Waals surface area contributed by atoms with Crippen molar-refractivity contribution in [1.82, 2.24) is 14.7 Å². The topological polar surface area (TPSA) is 92.5 Å². The third-order valence-corrected chi connectivity index (χ3v) is 5.74. The minimum Gasteiger partial charge on any atom is -0.468 e. The average Bonchev–Trinajstić information content (AvgIpc) is 3.30. The van der Waals surface area contributed by atoms with Gasteiger partial charge in [-0.25, -0.2) is 4.79 Å². The Labute approximate surface area is 176 Å². The van der Waals surface area contributed by atoms with Crippen molar-refractivity contribution in [2.75, 3.05) is 53.6 Å². The van der Waals surface area contributed by atoms with Crippen LogP contribution in [0.3, 0.4) is 0 Å². The van der Waals surface area contributed by atoms with E-state index in [1.807, 2.05) is 25.1 Å². The second-order valence-corrected chi connectivity index (χ2v) is 7.71. The Morgan fingerprint density at radius 1 is 1.23 bits per heavy atom. The van der Waals surface area contributed by atoms with Crippen molar-refractivity contribution in [3.8, 4) is 0 Å². The summed E-state index contributed by atoms with van der Waals surface area (Å²) in [6.45, 7) is 4.38. The Hall–Kier alpha value is -2.65. The van der Waals surface area contributed by atoms with Crippen LogP contribution in [0.4, 0.5) is 4.79 Å². The highest BCUT2D eigenvalue weighted by atomic mass is 16.5.